The molecule has 1 aliphatic rings. The highest BCUT2D eigenvalue weighted by molar-refractivity contribution is 9.10. The first kappa shape index (κ1) is 9.18. The summed E-state index contributed by atoms with van der Waals surface area (Å²) in [5.41, 5.74) is 0.984. The Kier molecular flexibility index (Phi) is 2.66. The molecule has 0 aromatic heterocycles. The SMILES string of the molecule is O=S1NCCN1c1cccc(Br)c1. The van der Waals surface area contributed by atoms with Gasteiger partial charge in [-0.15, -0.1) is 0 Å². The van der Waals surface area contributed by atoms with E-state index in [0.717, 1.165) is 23.2 Å². The van der Waals surface area contributed by atoms with Gasteiger partial charge in [-0.3, -0.25) is 4.31 Å². The Balaban J connectivity index is 2.29. The summed E-state index contributed by atoms with van der Waals surface area (Å²) in [7, 11) is 0. The lowest BCUT2D eigenvalue weighted by Crippen LogP contribution is -2.22. The Hall–Kier alpha value is -0.390. The molecule has 3 nitrogen and oxygen atoms in total. The molecule has 70 valence electrons. The summed E-state index contributed by atoms with van der Waals surface area (Å²) in [6, 6.07) is 7.81. The molecule has 0 radical (unpaired) electrons. The fourth-order valence-electron chi connectivity index (χ4n) is 1.25. The maximum Gasteiger partial charge on any atom is 0.196 e. The molecule has 13 heavy (non-hydrogen) atoms. The molecule has 1 saturated heterocycles. The topological polar surface area (TPSA) is 32.3 Å². The second-order valence-electron chi connectivity index (χ2n) is 2.73. The van der Waals surface area contributed by atoms with Gasteiger partial charge in [0.25, 0.3) is 0 Å². The minimum atomic E-state index is -1.06. The third-order valence-electron chi connectivity index (χ3n) is 1.84. The Morgan fingerprint density at radius 2 is 2.38 bits per heavy atom. The zero-order valence-corrected chi connectivity index (χ0v) is 9.27. The molecule has 5 heteroatoms. The molecule has 0 spiro atoms. The van der Waals surface area contributed by atoms with Crippen molar-refractivity contribution in [2.24, 2.45) is 0 Å². The second-order valence-corrected chi connectivity index (χ2v) is 4.87. The first-order valence-electron chi connectivity index (χ1n) is 3.96. The number of halogens is 1. The smallest absolute Gasteiger partial charge is 0.196 e. The van der Waals surface area contributed by atoms with Gasteiger partial charge in [-0.2, -0.15) is 0 Å². The van der Waals surface area contributed by atoms with Crippen molar-refractivity contribution in [2.45, 2.75) is 0 Å². The highest BCUT2D eigenvalue weighted by Gasteiger charge is 2.19. The van der Waals surface area contributed by atoms with Gasteiger partial charge >= 0.3 is 0 Å². The number of benzene rings is 1. The fourth-order valence-corrected chi connectivity index (χ4v) is 2.62. The van der Waals surface area contributed by atoms with Crippen molar-refractivity contribution >= 4 is 32.8 Å². The zero-order chi connectivity index (χ0) is 9.26. The average molecular weight is 261 g/mol. The summed E-state index contributed by atoms with van der Waals surface area (Å²) < 4.78 is 17.1. The van der Waals surface area contributed by atoms with Gasteiger partial charge in [-0.25, -0.2) is 8.93 Å². The first-order valence-corrected chi connectivity index (χ1v) is 5.86. The molecule has 1 heterocycles. The van der Waals surface area contributed by atoms with Gasteiger partial charge in [0.2, 0.25) is 0 Å². The summed E-state index contributed by atoms with van der Waals surface area (Å²) in [5, 5.41) is 0. The monoisotopic (exact) mass is 260 g/mol. The van der Waals surface area contributed by atoms with E-state index in [1.165, 1.54) is 0 Å². The molecular formula is C8H9BrN2OS. The predicted molar refractivity (Wildman–Crippen MR) is 57.6 cm³/mol. The number of rotatable bonds is 1. The first-order chi connectivity index (χ1) is 6.27. The minimum absolute atomic E-state index is 0.777. The number of nitrogens with one attached hydrogen (secondary N) is 1. The van der Waals surface area contributed by atoms with Gasteiger partial charge in [0, 0.05) is 17.6 Å². The number of anilines is 1. The number of hydrogen-bond acceptors (Lipinski definition) is 1. The number of nitrogens with zero attached hydrogens (tertiary/aromatic N) is 1. The molecule has 1 fully saturated rings. The molecule has 1 unspecified atom stereocenters. The average Bonchev–Trinajstić information content (AvgIpc) is 2.51. The molecule has 0 amide bonds. The summed E-state index contributed by atoms with van der Waals surface area (Å²) in [6.45, 7) is 1.57. The van der Waals surface area contributed by atoms with E-state index in [9.17, 15) is 4.21 Å². The van der Waals surface area contributed by atoms with Crippen LogP contribution in [0, 0.1) is 0 Å². The Morgan fingerprint density at radius 1 is 1.54 bits per heavy atom. The molecule has 2 rings (SSSR count). The van der Waals surface area contributed by atoms with Crippen LogP contribution in [0.25, 0.3) is 0 Å². The maximum atomic E-state index is 11.4. The van der Waals surface area contributed by atoms with E-state index in [1.807, 2.05) is 28.6 Å². The molecule has 1 aromatic carbocycles. The van der Waals surface area contributed by atoms with E-state index in [1.54, 1.807) is 0 Å². The Labute approximate surface area is 88.0 Å². The van der Waals surface area contributed by atoms with Gasteiger partial charge in [-0.1, -0.05) is 22.0 Å². The van der Waals surface area contributed by atoms with E-state index in [-0.39, 0.29) is 0 Å². The van der Waals surface area contributed by atoms with Crippen LogP contribution in [0.5, 0.6) is 0 Å². The summed E-state index contributed by atoms with van der Waals surface area (Å²) >= 11 is 2.33. The molecular weight excluding hydrogens is 252 g/mol. The van der Waals surface area contributed by atoms with Crippen molar-refractivity contribution in [3.8, 4) is 0 Å². The van der Waals surface area contributed by atoms with Crippen molar-refractivity contribution < 1.29 is 4.21 Å². The van der Waals surface area contributed by atoms with Crippen molar-refractivity contribution in [3.63, 3.8) is 0 Å². The van der Waals surface area contributed by atoms with Gasteiger partial charge in [0.1, 0.15) is 0 Å². The van der Waals surface area contributed by atoms with E-state index < -0.39 is 11.2 Å². The molecule has 1 aromatic rings. The zero-order valence-electron chi connectivity index (χ0n) is 6.87. The summed E-state index contributed by atoms with van der Waals surface area (Å²) in [5.74, 6) is 0. The third kappa shape index (κ3) is 1.92. The highest BCUT2D eigenvalue weighted by Crippen LogP contribution is 2.21. The van der Waals surface area contributed by atoms with Gasteiger partial charge < -0.3 is 0 Å². The van der Waals surface area contributed by atoms with Crippen molar-refractivity contribution in [3.05, 3.63) is 28.7 Å². The maximum absolute atomic E-state index is 11.4. The summed E-state index contributed by atoms with van der Waals surface area (Å²) in [4.78, 5) is 0. The van der Waals surface area contributed by atoms with E-state index in [4.69, 9.17) is 0 Å². The number of hydrogen-bond donors (Lipinski definition) is 1. The minimum Gasteiger partial charge on any atom is -0.278 e. The Bertz CT molecular complexity index is 345. The molecule has 0 bridgehead atoms. The van der Waals surface area contributed by atoms with Crippen molar-refractivity contribution in [1.82, 2.24) is 4.72 Å². The Morgan fingerprint density at radius 3 is 3.00 bits per heavy atom. The van der Waals surface area contributed by atoms with Gasteiger partial charge in [0.15, 0.2) is 11.2 Å². The van der Waals surface area contributed by atoms with E-state index in [2.05, 4.69) is 20.7 Å². The third-order valence-corrected chi connectivity index (χ3v) is 3.57. The highest BCUT2D eigenvalue weighted by atomic mass is 79.9. The molecule has 1 aliphatic heterocycles. The molecule has 0 saturated carbocycles. The van der Waals surface area contributed by atoms with Crippen LogP contribution in [0.4, 0.5) is 5.69 Å². The largest absolute Gasteiger partial charge is 0.278 e. The van der Waals surface area contributed by atoms with Crippen LogP contribution in [0.2, 0.25) is 0 Å². The molecule has 0 aliphatic carbocycles. The van der Waals surface area contributed by atoms with Crippen molar-refractivity contribution in [2.75, 3.05) is 17.4 Å². The van der Waals surface area contributed by atoms with Gasteiger partial charge in [-0.05, 0) is 18.2 Å². The van der Waals surface area contributed by atoms with Crippen LogP contribution < -0.4 is 9.03 Å². The second kappa shape index (κ2) is 3.77. The lowest BCUT2D eigenvalue weighted by molar-refractivity contribution is 0.680. The van der Waals surface area contributed by atoms with E-state index in [0.29, 0.717) is 0 Å². The lowest BCUT2D eigenvalue weighted by Gasteiger charge is -2.14. The van der Waals surface area contributed by atoms with Gasteiger partial charge in [0.05, 0.1) is 5.69 Å². The van der Waals surface area contributed by atoms with Crippen molar-refractivity contribution in [1.29, 1.82) is 0 Å². The van der Waals surface area contributed by atoms with Crippen LogP contribution in [0.3, 0.4) is 0 Å². The normalized spacial score (nSPS) is 22.2. The van der Waals surface area contributed by atoms with E-state index >= 15 is 0 Å². The van der Waals surface area contributed by atoms with Crippen LogP contribution >= 0.6 is 15.9 Å². The molecule has 1 atom stereocenters. The lowest BCUT2D eigenvalue weighted by atomic mass is 10.3. The van der Waals surface area contributed by atoms with Crippen LogP contribution in [-0.2, 0) is 11.2 Å². The van der Waals surface area contributed by atoms with Crippen LogP contribution in [-0.4, -0.2) is 17.3 Å². The standard InChI is InChI=1S/C8H9BrN2OS/c9-7-2-1-3-8(6-7)11-5-4-10-13(11)12/h1-3,6,10H,4-5H2. The quantitative estimate of drug-likeness (QED) is 0.815. The van der Waals surface area contributed by atoms with Crippen LogP contribution in [0.15, 0.2) is 28.7 Å². The summed E-state index contributed by atoms with van der Waals surface area (Å²) in [6.07, 6.45) is 0. The fraction of sp³-hybridized carbons (Fsp3) is 0.250. The molecule has 1 N–H and O–H groups in total. The van der Waals surface area contributed by atoms with Crippen LogP contribution in [0.1, 0.15) is 0 Å². The predicted octanol–water partition coefficient (Wildman–Crippen LogP) is 1.44.